The molecule has 0 spiro atoms. The van der Waals surface area contributed by atoms with Crippen LogP contribution in [0.25, 0.3) is 11.4 Å². The summed E-state index contributed by atoms with van der Waals surface area (Å²) in [5.74, 6) is 3.25. The van der Waals surface area contributed by atoms with Crippen LogP contribution in [0.3, 0.4) is 0 Å². The Morgan fingerprint density at radius 2 is 1.46 bits per heavy atom. The molecule has 0 aliphatic heterocycles. The molecule has 3 aromatic rings. The average molecular weight is 493 g/mol. The highest BCUT2D eigenvalue weighted by atomic mass is 35.5. The van der Waals surface area contributed by atoms with Crippen LogP contribution < -0.4 is 4.74 Å². The summed E-state index contributed by atoms with van der Waals surface area (Å²) in [5.41, 5.74) is 2.43. The fraction of sp³-hybridized carbons (Fsp3) is 0.484. The molecular formula is C31H41ClN2O. The van der Waals surface area contributed by atoms with Crippen molar-refractivity contribution in [1.29, 1.82) is 0 Å². The van der Waals surface area contributed by atoms with E-state index >= 15 is 0 Å². The number of hydrogen-bond donors (Lipinski definition) is 0. The smallest absolute Gasteiger partial charge is 0.159 e. The lowest BCUT2D eigenvalue weighted by Crippen LogP contribution is -2.13. The number of para-hydroxylation sites is 1. The van der Waals surface area contributed by atoms with Crippen molar-refractivity contribution in [3.05, 3.63) is 77.6 Å². The fourth-order valence-electron chi connectivity index (χ4n) is 4.64. The number of unbranched alkanes of at least 4 members (excludes halogenated alkanes) is 3. The van der Waals surface area contributed by atoms with E-state index in [9.17, 15) is 0 Å². The lowest BCUT2D eigenvalue weighted by Gasteiger charge is -2.28. The Morgan fingerprint density at radius 3 is 2.11 bits per heavy atom. The highest BCUT2D eigenvalue weighted by Crippen LogP contribution is 2.37. The zero-order valence-electron chi connectivity index (χ0n) is 21.5. The molecule has 3 nitrogen and oxygen atoms in total. The molecule has 0 amide bonds. The molecule has 35 heavy (non-hydrogen) atoms. The standard InChI is InChI=1S/C21H28N2.C10H13ClO/c1-2-3-5-8-17-11-13-18(14-12-17)20-15-22-21(23-16-20)19-9-6-4-7-10-19;1-2-3-8-12-10-7-5-4-6-9(10)11/h4,6-7,9-10,15-18H,2-3,5,8,11-14H2,1H3;4-7H,2-3,8H2,1H3. The van der Waals surface area contributed by atoms with Crippen LogP contribution >= 0.6 is 11.6 Å². The van der Waals surface area contributed by atoms with E-state index in [2.05, 4.69) is 48.3 Å². The van der Waals surface area contributed by atoms with Crippen LogP contribution in [0.2, 0.25) is 5.02 Å². The summed E-state index contributed by atoms with van der Waals surface area (Å²) in [6.07, 6.45) is 17.3. The van der Waals surface area contributed by atoms with E-state index in [1.165, 1.54) is 56.9 Å². The monoisotopic (exact) mass is 492 g/mol. The molecule has 0 atom stereocenters. The summed E-state index contributed by atoms with van der Waals surface area (Å²) in [6, 6.07) is 17.8. The molecule has 0 unspecified atom stereocenters. The number of nitrogens with zero attached hydrogens (tertiary/aromatic N) is 2. The molecule has 188 valence electrons. The van der Waals surface area contributed by atoms with Crippen LogP contribution in [-0.4, -0.2) is 16.6 Å². The van der Waals surface area contributed by atoms with Gasteiger partial charge in [0.25, 0.3) is 0 Å². The van der Waals surface area contributed by atoms with Crippen molar-refractivity contribution in [2.75, 3.05) is 6.61 Å². The minimum Gasteiger partial charge on any atom is -0.492 e. The van der Waals surface area contributed by atoms with Gasteiger partial charge in [0.2, 0.25) is 0 Å². The van der Waals surface area contributed by atoms with Crippen molar-refractivity contribution < 1.29 is 4.74 Å². The maximum absolute atomic E-state index is 5.88. The molecule has 0 radical (unpaired) electrons. The minimum atomic E-state index is 0.669. The van der Waals surface area contributed by atoms with Gasteiger partial charge in [0.15, 0.2) is 5.82 Å². The zero-order chi connectivity index (χ0) is 24.7. The molecule has 4 heteroatoms. The van der Waals surface area contributed by atoms with Gasteiger partial charge in [-0.15, -0.1) is 0 Å². The van der Waals surface area contributed by atoms with Crippen LogP contribution in [0.15, 0.2) is 67.0 Å². The Morgan fingerprint density at radius 1 is 0.800 bits per heavy atom. The minimum absolute atomic E-state index is 0.669. The lowest BCUT2D eigenvalue weighted by atomic mass is 9.77. The van der Waals surface area contributed by atoms with Gasteiger partial charge in [-0.3, -0.25) is 0 Å². The van der Waals surface area contributed by atoms with Crippen molar-refractivity contribution in [2.45, 2.75) is 84.0 Å². The number of hydrogen-bond acceptors (Lipinski definition) is 3. The molecule has 0 saturated heterocycles. The largest absolute Gasteiger partial charge is 0.492 e. The van der Waals surface area contributed by atoms with Crippen molar-refractivity contribution in [3.63, 3.8) is 0 Å². The van der Waals surface area contributed by atoms with Crippen molar-refractivity contribution in [2.24, 2.45) is 5.92 Å². The van der Waals surface area contributed by atoms with Gasteiger partial charge in [-0.25, -0.2) is 9.97 Å². The first kappa shape index (κ1) is 27.2. The van der Waals surface area contributed by atoms with Crippen LogP contribution in [0, 0.1) is 5.92 Å². The van der Waals surface area contributed by atoms with E-state index in [0.29, 0.717) is 10.9 Å². The maximum Gasteiger partial charge on any atom is 0.159 e. The van der Waals surface area contributed by atoms with Crippen LogP contribution in [-0.2, 0) is 0 Å². The molecule has 0 bridgehead atoms. The van der Waals surface area contributed by atoms with E-state index in [-0.39, 0.29) is 0 Å². The summed E-state index contributed by atoms with van der Waals surface area (Å²) in [6.45, 7) is 5.17. The van der Waals surface area contributed by atoms with Crippen LogP contribution in [0.5, 0.6) is 5.75 Å². The second-order valence-electron chi connectivity index (χ2n) is 9.55. The first-order chi connectivity index (χ1) is 17.2. The molecule has 1 fully saturated rings. The Kier molecular flexibility index (Phi) is 12.1. The van der Waals surface area contributed by atoms with E-state index in [4.69, 9.17) is 16.3 Å². The first-order valence-corrected chi connectivity index (χ1v) is 13.8. The zero-order valence-corrected chi connectivity index (χ0v) is 22.2. The lowest BCUT2D eigenvalue weighted by molar-refractivity contribution is 0.302. The van der Waals surface area contributed by atoms with Crippen LogP contribution in [0.4, 0.5) is 0 Å². The first-order valence-electron chi connectivity index (χ1n) is 13.5. The van der Waals surface area contributed by atoms with Crippen molar-refractivity contribution in [1.82, 2.24) is 9.97 Å². The van der Waals surface area contributed by atoms with E-state index < -0.39 is 0 Å². The molecular weight excluding hydrogens is 452 g/mol. The normalized spacial score (nSPS) is 17.3. The summed E-state index contributed by atoms with van der Waals surface area (Å²) in [4.78, 5) is 9.19. The molecule has 4 rings (SSSR count). The Hall–Kier alpha value is -2.39. The highest BCUT2D eigenvalue weighted by molar-refractivity contribution is 6.32. The van der Waals surface area contributed by atoms with Crippen molar-refractivity contribution >= 4 is 11.6 Å². The van der Waals surface area contributed by atoms with Gasteiger partial charge in [-0.1, -0.05) is 100 Å². The summed E-state index contributed by atoms with van der Waals surface area (Å²) in [7, 11) is 0. The predicted molar refractivity (Wildman–Crippen MR) is 148 cm³/mol. The Bertz CT molecular complexity index is 953. The highest BCUT2D eigenvalue weighted by Gasteiger charge is 2.22. The molecule has 1 heterocycles. The quantitative estimate of drug-likeness (QED) is 0.264. The number of aromatic nitrogens is 2. The molecule has 1 saturated carbocycles. The number of rotatable bonds is 10. The van der Waals surface area contributed by atoms with E-state index in [1.807, 2.05) is 42.5 Å². The number of benzene rings is 2. The summed E-state index contributed by atoms with van der Waals surface area (Å²) in [5, 5.41) is 0.689. The third-order valence-corrected chi connectivity index (χ3v) is 7.14. The third-order valence-electron chi connectivity index (χ3n) is 6.83. The SMILES string of the molecule is CCCCCC1CCC(c2cnc(-c3ccccc3)nc2)CC1.CCCCOc1ccccc1Cl. The van der Waals surface area contributed by atoms with Gasteiger partial charge in [0.05, 0.1) is 11.6 Å². The number of ether oxygens (including phenoxy) is 1. The second-order valence-corrected chi connectivity index (χ2v) is 9.96. The third kappa shape index (κ3) is 9.29. The van der Waals surface area contributed by atoms with Crippen LogP contribution in [0.1, 0.15) is 89.5 Å². The van der Waals surface area contributed by atoms with Gasteiger partial charge >= 0.3 is 0 Å². The van der Waals surface area contributed by atoms with E-state index in [1.54, 1.807) is 0 Å². The van der Waals surface area contributed by atoms with E-state index in [0.717, 1.165) is 42.5 Å². The summed E-state index contributed by atoms with van der Waals surface area (Å²) < 4.78 is 5.45. The molecule has 0 N–H and O–H groups in total. The molecule has 1 aliphatic carbocycles. The topological polar surface area (TPSA) is 35.0 Å². The molecule has 2 aromatic carbocycles. The second kappa shape index (κ2) is 15.6. The Labute approximate surface area is 217 Å². The van der Waals surface area contributed by atoms with Gasteiger partial charge in [-0.2, -0.15) is 0 Å². The molecule has 1 aromatic heterocycles. The summed E-state index contributed by atoms with van der Waals surface area (Å²) >= 11 is 5.88. The average Bonchev–Trinajstić information content (AvgIpc) is 2.91. The van der Waals surface area contributed by atoms with Gasteiger partial charge in [-0.05, 0) is 61.6 Å². The van der Waals surface area contributed by atoms with Crippen molar-refractivity contribution in [3.8, 4) is 17.1 Å². The van der Waals surface area contributed by atoms with Gasteiger partial charge < -0.3 is 4.74 Å². The molecule has 1 aliphatic rings. The number of halogens is 1. The Balaban J connectivity index is 0.000000241. The van der Waals surface area contributed by atoms with Gasteiger partial charge in [0.1, 0.15) is 5.75 Å². The van der Waals surface area contributed by atoms with Gasteiger partial charge in [0, 0.05) is 18.0 Å². The maximum atomic E-state index is 5.88. The fourth-order valence-corrected chi connectivity index (χ4v) is 4.83. The predicted octanol–water partition coefficient (Wildman–Crippen LogP) is 9.52.